The predicted molar refractivity (Wildman–Crippen MR) is 149 cm³/mol. The monoisotopic (exact) mass is 514 g/mol. The summed E-state index contributed by atoms with van der Waals surface area (Å²) in [5.74, 6) is 1.05. The Balaban J connectivity index is 1.51. The maximum atomic E-state index is 13.3. The molecule has 0 spiro atoms. The Hall–Kier alpha value is -3.36. The first-order chi connectivity index (χ1) is 18.4. The number of H-pyrrole nitrogens is 1. The van der Waals surface area contributed by atoms with Crippen LogP contribution in [0.4, 0.5) is 0 Å². The first kappa shape index (κ1) is 26.3. The van der Waals surface area contributed by atoms with Gasteiger partial charge in [-0.2, -0.15) is 0 Å². The van der Waals surface area contributed by atoms with Crippen LogP contribution in [0.2, 0.25) is 0 Å². The Morgan fingerprint density at radius 3 is 2.66 bits per heavy atom. The van der Waals surface area contributed by atoms with E-state index in [-0.39, 0.29) is 23.6 Å². The molecule has 0 amide bonds. The van der Waals surface area contributed by atoms with E-state index in [0.29, 0.717) is 13.1 Å². The van der Waals surface area contributed by atoms with Crippen LogP contribution in [0.1, 0.15) is 60.8 Å². The van der Waals surface area contributed by atoms with Gasteiger partial charge in [-0.25, -0.2) is 4.68 Å². The molecule has 8 heteroatoms. The van der Waals surface area contributed by atoms with Crippen LogP contribution in [-0.2, 0) is 24.2 Å². The third-order valence-electron chi connectivity index (χ3n) is 7.67. The van der Waals surface area contributed by atoms with E-state index in [9.17, 15) is 4.79 Å². The lowest BCUT2D eigenvalue weighted by molar-refractivity contribution is 0.0864. The molecule has 0 radical (unpaired) electrons. The van der Waals surface area contributed by atoms with Crippen LogP contribution in [0.25, 0.3) is 10.9 Å². The summed E-state index contributed by atoms with van der Waals surface area (Å²) in [4.78, 5) is 18.9. The lowest BCUT2D eigenvalue weighted by Gasteiger charge is -2.33. The molecule has 0 bridgehead atoms. The van der Waals surface area contributed by atoms with Crippen molar-refractivity contribution in [3.05, 3.63) is 87.0 Å². The van der Waals surface area contributed by atoms with Crippen LogP contribution in [0.3, 0.4) is 0 Å². The fraction of sp³-hybridized carbons (Fsp3) is 0.467. The van der Waals surface area contributed by atoms with E-state index >= 15 is 0 Å². The molecule has 2 aromatic heterocycles. The summed E-state index contributed by atoms with van der Waals surface area (Å²) in [6.07, 6.45) is 3.09. The number of pyridine rings is 1. The molecule has 1 N–H and O–H groups in total. The molecule has 1 aliphatic rings. The van der Waals surface area contributed by atoms with Gasteiger partial charge in [0.25, 0.3) is 5.56 Å². The molecule has 3 heterocycles. The summed E-state index contributed by atoms with van der Waals surface area (Å²) in [5, 5.41) is 14.0. The minimum absolute atomic E-state index is 0.0441. The van der Waals surface area contributed by atoms with Gasteiger partial charge in [-0.15, -0.1) is 5.10 Å². The Bertz CT molecular complexity index is 1420. The van der Waals surface area contributed by atoms with Crippen molar-refractivity contribution in [1.29, 1.82) is 0 Å². The van der Waals surface area contributed by atoms with Gasteiger partial charge in [0, 0.05) is 30.6 Å². The largest absolute Gasteiger partial charge is 0.376 e. The lowest BCUT2D eigenvalue weighted by atomic mass is 9.98. The molecule has 0 aliphatic carbocycles. The van der Waals surface area contributed by atoms with Gasteiger partial charge >= 0.3 is 0 Å². The summed E-state index contributed by atoms with van der Waals surface area (Å²) in [7, 11) is 0. The van der Waals surface area contributed by atoms with Gasteiger partial charge in [0.05, 0.1) is 24.2 Å². The Kier molecular flexibility index (Phi) is 8.00. The van der Waals surface area contributed by atoms with Crippen molar-refractivity contribution in [3.63, 3.8) is 0 Å². The standard InChI is InChI=1S/C30H38N6O2/c1-20(2)28(29-32-33-34-36(29)19-25-11-8-16-38-25)35(15-14-23-9-6-5-7-10-23)18-24-17-26-21(3)12-13-22(4)27(26)31-30(24)37/h5-7,9-10,12-13,17,20,25,28H,8,11,14-16,18-19H2,1-4H3,(H,31,37)/t25-,28+/m1/s1. The third kappa shape index (κ3) is 5.71. The highest BCUT2D eigenvalue weighted by atomic mass is 16.5. The molecule has 0 saturated carbocycles. The van der Waals surface area contributed by atoms with Crippen molar-refractivity contribution >= 4 is 10.9 Å². The number of nitrogens with one attached hydrogen (secondary N) is 1. The van der Waals surface area contributed by atoms with E-state index in [0.717, 1.165) is 65.8 Å². The zero-order valence-electron chi connectivity index (χ0n) is 22.9. The zero-order chi connectivity index (χ0) is 26.6. The summed E-state index contributed by atoms with van der Waals surface area (Å²) in [5.41, 5.74) is 5.11. The Labute approximate surface area is 224 Å². The Morgan fingerprint density at radius 2 is 1.92 bits per heavy atom. The van der Waals surface area contributed by atoms with Gasteiger partial charge < -0.3 is 9.72 Å². The van der Waals surface area contributed by atoms with Crippen LogP contribution < -0.4 is 5.56 Å². The van der Waals surface area contributed by atoms with Crippen molar-refractivity contribution in [2.75, 3.05) is 13.2 Å². The van der Waals surface area contributed by atoms with E-state index in [4.69, 9.17) is 4.74 Å². The van der Waals surface area contributed by atoms with Crippen molar-refractivity contribution < 1.29 is 4.74 Å². The molecule has 1 aliphatic heterocycles. The van der Waals surface area contributed by atoms with Gasteiger partial charge in [-0.05, 0) is 72.2 Å². The smallest absolute Gasteiger partial charge is 0.252 e. The number of hydrogen-bond acceptors (Lipinski definition) is 6. The SMILES string of the molecule is Cc1ccc(C)c2[nH]c(=O)c(CN(CCc3ccccc3)[C@H](c3nnnn3C[C@H]3CCCO3)C(C)C)cc12. The molecule has 38 heavy (non-hydrogen) atoms. The normalized spacial score (nSPS) is 16.6. The zero-order valence-corrected chi connectivity index (χ0v) is 22.9. The second-order valence-electron chi connectivity index (χ2n) is 10.9. The third-order valence-corrected chi connectivity index (χ3v) is 7.67. The number of ether oxygens (including phenoxy) is 1. The number of aromatic nitrogens is 5. The van der Waals surface area contributed by atoms with E-state index in [1.54, 1.807) is 0 Å². The van der Waals surface area contributed by atoms with Crippen LogP contribution >= 0.6 is 0 Å². The quantitative estimate of drug-likeness (QED) is 0.328. The van der Waals surface area contributed by atoms with Crippen molar-refractivity contribution in [2.45, 2.75) is 72.2 Å². The topological polar surface area (TPSA) is 88.9 Å². The van der Waals surface area contributed by atoms with E-state index in [1.807, 2.05) is 17.7 Å². The number of aromatic amines is 1. The van der Waals surface area contributed by atoms with Crippen molar-refractivity contribution in [3.8, 4) is 0 Å². The average molecular weight is 515 g/mol. The number of rotatable bonds is 10. The number of fused-ring (bicyclic) bond motifs is 1. The average Bonchev–Trinajstić information content (AvgIpc) is 3.59. The second-order valence-corrected chi connectivity index (χ2v) is 10.9. The second kappa shape index (κ2) is 11.6. The molecule has 2 aromatic carbocycles. The molecule has 8 nitrogen and oxygen atoms in total. The van der Waals surface area contributed by atoms with E-state index < -0.39 is 0 Å². The maximum absolute atomic E-state index is 13.3. The molecule has 2 atom stereocenters. The predicted octanol–water partition coefficient (Wildman–Crippen LogP) is 4.75. The van der Waals surface area contributed by atoms with Gasteiger partial charge in [-0.1, -0.05) is 56.3 Å². The van der Waals surface area contributed by atoms with Gasteiger partial charge in [0.1, 0.15) is 0 Å². The summed E-state index contributed by atoms with van der Waals surface area (Å²) in [6.45, 7) is 11.2. The van der Waals surface area contributed by atoms with Gasteiger partial charge in [0.15, 0.2) is 5.82 Å². The summed E-state index contributed by atoms with van der Waals surface area (Å²) in [6, 6.07) is 16.7. The highest BCUT2D eigenvalue weighted by molar-refractivity contribution is 5.85. The molecule has 5 rings (SSSR count). The highest BCUT2D eigenvalue weighted by Gasteiger charge is 2.31. The van der Waals surface area contributed by atoms with Crippen LogP contribution in [0.15, 0.2) is 53.3 Å². The Morgan fingerprint density at radius 1 is 1.13 bits per heavy atom. The summed E-state index contributed by atoms with van der Waals surface area (Å²) >= 11 is 0. The van der Waals surface area contributed by atoms with Crippen molar-refractivity contribution in [1.82, 2.24) is 30.1 Å². The fourth-order valence-electron chi connectivity index (χ4n) is 5.61. The van der Waals surface area contributed by atoms with E-state index in [1.165, 1.54) is 5.56 Å². The summed E-state index contributed by atoms with van der Waals surface area (Å²) < 4.78 is 7.80. The molecule has 1 fully saturated rings. The van der Waals surface area contributed by atoms with E-state index in [2.05, 4.69) is 88.6 Å². The van der Waals surface area contributed by atoms with Gasteiger partial charge in [0.2, 0.25) is 0 Å². The molecule has 4 aromatic rings. The van der Waals surface area contributed by atoms with Crippen LogP contribution in [-0.4, -0.2) is 49.3 Å². The number of hydrogen-bond donors (Lipinski definition) is 1. The molecular formula is C30H38N6O2. The highest BCUT2D eigenvalue weighted by Crippen LogP contribution is 2.30. The molecular weight excluding hydrogens is 476 g/mol. The van der Waals surface area contributed by atoms with Crippen LogP contribution in [0, 0.1) is 19.8 Å². The number of aryl methyl sites for hydroxylation is 2. The minimum Gasteiger partial charge on any atom is -0.376 e. The molecule has 200 valence electrons. The number of nitrogens with zero attached hydrogens (tertiary/aromatic N) is 5. The lowest BCUT2D eigenvalue weighted by Crippen LogP contribution is -2.37. The first-order valence-corrected chi connectivity index (χ1v) is 13.7. The van der Waals surface area contributed by atoms with Crippen molar-refractivity contribution in [2.24, 2.45) is 5.92 Å². The maximum Gasteiger partial charge on any atom is 0.252 e. The van der Waals surface area contributed by atoms with Gasteiger partial charge in [-0.3, -0.25) is 9.69 Å². The van der Waals surface area contributed by atoms with Crippen LogP contribution in [0.5, 0.6) is 0 Å². The first-order valence-electron chi connectivity index (χ1n) is 13.7. The molecule has 1 saturated heterocycles. The number of benzene rings is 2. The molecule has 0 unspecified atom stereocenters. The fourth-order valence-corrected chi connectivity index (χ4v) is 5.61. The minimum atomic E-state index is -0.0659. The number of tetrazole rings is 1.